The van der Waals surface area contributed by atoms with Crippen molar-refractivity contribution in [1.29, 1.82) is 0 Å². The Morgan fingerprint density at radius 3 is 2.26 bits per heavy atom. The van der Waals surface area contributed by atoms with Gasteiger partial charge in [-0.15, -0.1) is 0 Å². The first-order chi connectivity index (χ1) is 20.4. The Kier molecular flexibility index (Phi) is 10.1. The van der Waals surface area contributed by atoms with Gasteiger partial charge in [0.25, 0.3) is 5.91 Å². The number of hydrogen-bond donors (Lipinski definition) is 1. The van der Waals surface area contributed by atoms with Gasteiger partial charge < -0.3 is 10.2 Å². The number of amides is 2. The Morgan fingerprint density at radius 2 is 1.63 bits per heavy atom. The van der Waals surface area contributed by atoms with Gasteiger partial charge in [-0.25, -0.2) is 4.39 Å². The van der Waals surface area contributed by atoms with Crippen molar-refractivity contribution in [1.82, 2.24) is 4.90 Å². The number of aryl methyl sites for hydroxylation is 2. The maximum atomic E-state index is 15.0. The van der Waals surface area contributed by atoms with Crippen molar-refractivity contribution in [2.75, 3.05) is 11.9 Å². The summed E-state index contributed by atoms with van der Waals surface area (Å²) in [4.78, 5) is 29.7. The highest BCUT2D eigenvalue weighted by molar-refractivity contribution is 5.98. The normalized spacial score (nSPS) is 17.5. The number of hydrogen-bond acceptors (Lipinski definition) is 2. The molecule has 4 rings (SSSR count). The molecule has 1 N–H and O–H groups in total. The third-order valence-electron chi connectivity index (χ3n) is 9.71. The molecule has 0 aliphatic carbocycles. The number of piperidine rings is 1. The van der Waals surface area contributed by atoms with Gasteiger partial charge in [0.1, 0.15) is 5.82 Å². The predicted molar refractivity (Wildman–Crippen MR) is 175 cm³/mol. The molecule has 1 heterocycles. The zero-order valence-electron chi connectivity index (χ0n) is 27.1. The molecular formula is C38H49FN2O2. The Labute approximate surface area is 258 Å². The van der Waals surface area contributed by atoms with E-state index in [1.54, 1.807) is 24.0 Å². The molecule has 2 atom stereocenters. The first kappa shape index (κ1) is 32.4. The van der Waals surface area contributed by atoms with Crippen LogP contribution in [-0.4, -0.2) is 23.3 Å². The van der Waals surface area contributed by atoms with Crippen LogP contribution in [0.25, 0.3) is 0 Å². The van der Waals surface area contributed by atoms with E-state index in [-0.39, 0.29) is 22.8 Å². The summed E-state index contributed by atoms with van der Waals surface area (Å²) in [7, 11) is 0. The number of halogens is 1. The van der Waals surface area contributed by atoms with Gasteiger partial charge >= 0.3 is 0 Å². The highest BCUT2D eigenvalue weighted by Crippen LogP contribution is 2.39. The molecule has 1 fully saturated rings. The second kappa shape index (κ2) is 13.4. The molecule has 0 aromatic heterocycles. The Morgan fingerprint density at radius 1 is 0.953 bits per heavy atom. The lowest BCUT2D eigenvalue weighted by Crippen LogP contribution is -2.46. The van der Waals surface area contributed by atoms with Gasteiger partial charge in [-0.1, -0.05) is 103 Å². The summed E-state index contributed by atoms with van der Waals surface area (Å²) in [5.74, 6) is -1.49. The Bertz CT molecular complexity index is 1400. The lowest BCUT2D eigenvalue weighted by Gasteiger charge is -2.41. The van der Waals surface area contributed by atoms with Crippen molar-refractivity contribution in [2.45, 2.75) is 98.4 Å². The Balaban J connectivity index is 1.68. The van der Waals surface area contributed by atoms with Gasteiger partial charge in [0.2, 0.25) is 5.91 Å². The third kappa shape index (κ3) is 7.55. The summed E-state index contributed by atoms with van der Waals surface area (Å²) in [6.45, 7) is 15.5. The highest BCUT2D eigenvalue weighted by Gasteiger charge is 2.40. The van der Waals surface area contributed by atoms with Crippen LogP contribution >= 0.6 is 0 Å². The number of carbonyl (C=O) groups excluding carboxylic acids is 2. The van der Waals surface area contributed by atoms with Gasteiger partial charge in [-0.3, -0.25) is 9.59 Å². The zero-order chi connectivity index (χ0) is 31.4. The molecule has 0 spiro atoms. The topological polar surface area (TPSA) is 49.4 Å². The van der Waals surface area contributed by atoms with E-state index in [2.05, 4.69) is 77.2 Å². The van der Waals surface area contributed by atoms with Gasteiger partial charge in [0, 0.05) is 12.2 Å². The average Bonchev–Trinajstić information content (AvgIpc) is 2.99. The first-order valence-corrected chi connectivity index (χ1v) is 15.9. The van der Waals surface area contributed by atoms with Crippen LogP contribution in [0.5, 0.6) is 0 Å². The van der Waals surface area contributed by atoms with E-state index in [4.69, 9.17) is 0 Å². The summed E-state index contributed by atoms with van der Waals surface area (Å²) in [5.41, 5.74) is 4.98. The average molecular weight is 585 g/mol. The number of carbonyl (C=O) groups is 2. The number of nitrogens with one attached hydrogen (secondary N) is 1. The quantitative estimate of drug-likeness (QED) is 0.272. The molecule has 5 heteroatoms. The molecule has 230 valence electrons. The minimum atomic E-state index is -0.528. The molecule has 2 amide bonds. The molecular weight excluding hydrogens is 535 g/mol. The van der Waals surface area contributed by atoms with E-state index in [1.807, 2.05) is 18.2 Å². The smallest absolute Gasteiger partial charge is 0.257 e. The van der Waals surface area contributed by atoms with Crippen LogP contribution in [0.1, 0.15) is 112 Å². The second-order valence-electron chi connectivity index (χ2n) is 13.7. The van der Waals surface area contributed by atoms with Crippen molar-refractivity contribution in [3.63, 3.8) is 0 Å². The number of anilines is 1. The fourth-order valence-electron chi connectivity index (χ4n) is 6.19. The van der Waals surface area contributed by atoms with Crippen LogP contribution in [0.4, 0.5) is 10.1 Å². The number of nitrogens with zero attached hydrogens (tertiary/aromatic N) is 1. The molecule has 0 radical (unpaired) electrons. The number of benzene rings is 3. The van der Waals surface area contributed by atoms with Gasteiger partial charge in [-0.05, 0) is 83.9 Å². The van der Waals surface area contributed by atoms with E-state index in [1.165, 1.54) is 11.6 Å². The molecule has 1 aliphatic rings. The minimum Gasteiger partial charge on any atom is -0.331 e. The lowest BCUT2D eigenvalue weighted by atomic mass is 9.79. The van der Waals surface area contributed by atoms with Crippen LogP contribution in [0.3, 0.4) is 0 Å². The zero-order valence-corrected chi connectivity index (χ0v) is 27.1. The maximum absolute atomic E-state index is 15.0. The van der Waals surface area contributed by atoms with E-state index in [0.717, 1.165) is 42.5 Å². The standard InChI is InChI=1S/C38H49FN2O2/c1-8-38(7,9-2)23-22-27-18-20-28(21-19-27)34-31(35(42)40-30-15-11-14-29(25-30)37(4,5)6)16-12-24-41(34)36(43)33-26(3)13-10-17-32(33)39/h10-11,13-15,17-21,25,31,34H,8-9,12,16,22-24H2,1-7H3,(H,40,42)/t31-,34-/m0/s1. The molecule has 0 saturated carbocycles. The highest BCUT2D eigenvalue weighted by atomic mass is 19.1. The molecule has 43 heavy (non-hydrogen) atoms. The summed E-state index contributed by atoms with van der Waals surface area (Å²) in [6, 6.07) is 20.6. The lowest BCUT2D eigenvalue weighted by molar-refractivity contribution is -0.123. The third-order valence-corrected chi connectivity index (χ3v) is 9.71. The van der Waals surface area contributed by atoms with E-state index >= 15 is 4.39 Å². The molecule has 4 nitrogen and oxygen atoms in total. The van der Waals surface area contributed by atoms with Gasteiger partial charge in [-0.2, -0.15) is 0 Å². The van der Waals surface area contributed by atoms with Crippen LogP contribution < -0.4 is 5.32 Å². The largest absolute Gasteiger partial charge is 0.331 e. The van der Waals surface area contributed by atoms with Crippen molar-refractivity contribution in [3.8, 4) is 0 Å². The van der Waals surface area contributed by atoms with E-state index in [0.29, 0.717) is 30.4 Å². The monoisotopic (exact) mass is 584 g/mol. The molecule has 1 saturated heterocycles. The van der Waals surface area contributed by atoms with Crippen molar-refractivity contribution < 1.29 is 14.0 Å². The molecule has 1 aliphatic heterocycles. The fraction of sp³-hybridized carbons (Fsp3) is 0.474. The molecule has 0 bridgehead atoms. The van der Waals surface area contributed by atoms with Crippen LogP contribution in [0, 0.1) is 24.1 Å². The summed E-state index contributed by atoms with van der Waals surface area (Å²) in [5, 5.41) is 3.16. The molecule has 3 aromatic rings. The fourth-order valence-corrected chi connectivity index (χ4v) is 6.19. The van der Waals surface area contributed by atoms with Gasteiger partial charge in [0.15, 0.2) is 0 Å². The van der Waals surface area contributed by atoms with Gasteiger partial charge in [0.05, 0.1) is 17.5 Å². The first-order valence-electron chi connectivity index (χ1n) is 15.9. The van der Waals surface area contributed by atoms with E-state index < -0.39 is 17.8 Å². The molecule has 0 unspecified atom stereocenters. The SMILES string of the molecule is CCC(C)(CC)CCc1ccc([C@H]2[C@@H](C(=O)Nc3cccc(C(C)(C)C)c3)CCCN2C(=O)c2c(C)cccc2F)cc1. The summed E-state index contributed by atoms with van der Waals surface area (Å²) in [6.07, 6.45) is 5.69. The van der Waals surface area contributed by atoms with Crippen LogP contribution in [0.15, 0.2) is 66.7 Å². The summed E-state index contributed by atoms with van der Waals surface area (Å²) >= 11 is 0. The van der Waals surface area contributed by atoms with Crippen LogP contribution in [-0.2, 0) is 16.6 Å². The maximum Gasteiger partial charge on any atom is 0.257 e. The predicted octanol–water partition coefficient (Wildman–Crippen LogP) is 9.42. The van der Waals surface area contributed by atoms with E-state index in [9.17, 15) is 9.59 Å². The number of likely N-dealkylation sites (tertiary alicyclic amines) is 1. The van der Waals surface area contributed by atoms with Crippen molar-refractivity contribution in [2.24, 2.45) is 11.3 Å². The van der Waals surface area contributed by atoms with Crippen LogP contribution in [0.2, 0.25) is 0 Å². The molecule has 3 aromatic carbocycles. The van der Waals surface area contributed by atoms with Crippen molar-refractivity contribution in [3.05, 3.63) is 100 Å². The number of rotatable bonds is 9. The van der Waals surface area contributed by atoms with Crippen molar-refractivity contribution >= 4 is 17.5 Å². The minimum absolute atomic E-state index is 0.0532. The second-order valence-corrected chi connectivity index (χ2v) is 13.7. The Hall–Kier alpha value is -3.47. The summed E-state index contributed by atoms with van der Waals surface area (Å²) < 4.78 is 15.0.